The molecule has 3 atom stereocenters. The molecule has 1 fully saturated rings. The zero-order valence-electron chi connectivity index (χ0n) is 15.6. The topological polar surface area (TPSA) is 117 Å². The number of benzene rings is 1. The largest absolute Gasteiger partial charge is 0.497 e. The number of methoxy groups -OCH3 is 1. The monoisotopic (exact) mass is 411 g/mol. The number of fused-ring (bicyclic) bond motifs is 1. The number of hydrogen-bond acceptors (Lipinski definition) is 9. The first-order chi connectivity index (χ1) is 14.0. The Morgan fingerprint density at radius 1 is 1.34 bits per heavy atom. The molecule has 3 heterocycles. The molecule has 0 amide bonds. The number of hydrogen-bond donors (Lipinski definition) is 1. The van der Waals surface area contributed by atoms with E-state index in [1.54, 1.807) is 13.2 Å². The quantitative estimate of drug-likeness (QED) is 0.589. The standard InChI is InChI=1S/C19H17N5O4S/c1-27-12-5-3-11(4-6-12)15-9-14(16-7-8-17(28-16)24(25)26)21-18-13(10-20)19(29-2)22-23(15)18/h3-9,13,18-19,22H,1-2H3. The van der Waals surface area contributed by atoms with E-state index in [9.17, 15) is 15.4 Å². The van der Waals surface area contributed by atoms with Crippen molar-refractivity contribution in [2.24, 2.45) is 10.9 Å². The fourth-order valence-corrected chi connectivity index (χ4v) is 4.07. The number of thioether (sulfide) groups is 1. The van der Waals surface area contributed by atoms with Crippen LogP contribution in [-0.4, -0.2) is 40.5 Å². The first-order valence-corrected chi connectivity index (χ1v) is 10.0. The molecule has 1 aromatic heterocycles. The normalized spacial score (nSPS) is 23.1. The number of nitriles is 1. The molecule has 1 aromatic carbocycles. The Labute approximate surface area is 170 Å². The lowest BCUT2D eigenvalue weighted by atomic mass is 10.0. The van der Waals surface area contributed by atoms with Gasteiger partial charge in [-0.2, -0.15) is 5.26 Å². The summed E-state index contributed by atoms with van der Waals surface area (Å²) in [5.41, 5.74) is 5.47. The van der Waals surface area contributed by atoms with Crippen molar-refractivity contribution in [2.75, 3.05) is 13.4 Å². The van der Waals surface area contributed by atoms with Gasteiger partial charge in [0, 0.05) is 0 Å². The van der Waals surface area contributed by atoms with Crippen LogP contribution >= 0.6 is 11.8 Å². The average Bonchev–Trinajstić information content (AvgIpc) is 3.37. The number of nitrogens with zero attached hydrogens (tertiary/aromatic N) is 4. The SMILES string of the molecule is COc1ccc(C2=CC(c3ccc([N+](=O)[O-])o3)=NC3C(C#N)C(SC)NN23)cc1. The van der Waals surface area contributed by atoms with E-state index in [0.29, 0.717) is 5.71 Å². The van der Waals surface area contributed by atoms with Gasteiger partial charge in [0.2, 0.25) is 0 Å². The van der Waals surface area contributed by atoms with Gasteiger partial charge in [0.05, 0.1) is 30.3 Å². The van der Waals surface area contributed by atoms with Crippen LogP contribution in [-0.2, 0) is 0 Å². The molecule has 2 aliphatic rings. The van der Waals surface area contributed by atoms with Crippen LogP contribution in [0.2, 0.25) is 0 Å². The first kappa shape index (κ1) is 19.0. The third-order valence-corrected chi connectivity index (χ3v) is 5.70. The minimum Gasteiger partial charge on any atom is -0.497 e. The number of nitro groups is 1. The van der Waals surface area contributed by atoms with E-state index in [0.717, 1.165) is 17.0 Å². The van der Waals surface area contributed by atoms with Gasteiger partial charge in [0.1, 0.15) is 22.3 Å². The Kier molecular flexibility index (Phi) is 5.00. The fourth-order valence-electron chi connectivity index (χ4n) is 3.36. The second-order valence-electron chi connectivity index (χ2n) is 6.39. The zero-order chi connectivity index (χ0) is 20.5. The molecule has 9 nitrogen and oxygen atoms in total. The van der Waals surface area contributed by atoms with Gasteiger partial charge in [-0.05, 0) is 48.2 Å². The highest BCUT2D eigenvalue weighted by atomic mass is 32.2. The van der Waals surface area contributed by atoms with Crippen LogP contribution in [0.5, 0.6) is 5.75 Å². The van der Waals surface area contributed by atoms with Gasteiger partial charge in [-0.3, -0.25) is 20.1 Å². The van der Waals surface area contributed by atoms with Crippen molar-refractivity contribution < 1.29 is 14.1 Å². The number of hydrazine groups is 1. The maximum absolute atomic E-state index is 11.0. The zero-order valence-corrected chi connectivity index (χ0v) is 16.4. The highest BCUT2D eigenvalue weighted by Crippen LogP contribution is 2.38. The minimum absolute atomic E-state index is 0.138. The number of nitrogens with one attached hydrogen (secondary N) is 1. The summed E-state index contributed by atoms with van der Waals surface area (Å²) in [4.78, 5) is 15.1. The van der Waals surface area contributed by atoms with E-state index in [4.69, 9.17) is 9.15 Å². The lowest BCUT2D eigenvalue weighted by Gasteiger charge is -2.30. The van der Waals surface area contributed by atoms with Crippen LogP contribution in [0, 0.1) is 27.4 Å². The van der Waals surface area contributed by atoms with Crippen LogP contribution in [0.25, 0.3) is 5.70 Å². The highest BCUT2D eigenvalue weighted by Gasteiger charge is 2.45. The van der Waals surface area contributed by atoms with Crippen molar-refractivity contribution in [3.8, 4) is 11.8 Å². The molecule has 1 N–H and O–H groups in total. The van der Waals surface area contributed by atoms with Gasteiger partial charge in [-0.15, -0.1) is 11.8 Å². The van der Waals surface area contributed by atoms with Crippen molar-refractivity contribution >= 4 is 29.1 Å². The molecule has 2 aliphatic heterocycles. The Hall–Kier alpha value is -3.29. The van der Waals surface area contributed by atoms with Crippen molar-refractivity contribution in [3.05, 3.63) is 63.9 Å². The summed E-state index contributed by atoms with van der Waals surface area (Å²) in [6, 6.07) is 12.7. The molecule has 4 rings (SSSR count). The minimum atomic E-state index is -0.591. The molecule has 3 unspecified atom stereocenters. The van der Waals surface area contributed by atoms with Gasteiger partial charge in [0.15, 0.2) is 11.9 Å². The maximum atomic E-state index is 11.0. The molecular weight excluding hydrogens is 394 g/mol. The van der Waals surface area contributed by atoms with Gasteiger partial charge >= 0.3 is 5.88 Å². The van der Waals surface area contributed by atoms with Gasteiger partial charge < -0.3 is 9.15 Å². The Bertz CT molecular complexity index is 1040. The third-order valence-electron chi connectivity index (χ3n) is 4.80. The van der Waals surface area contributed by atoms with Crippen molar-refractivity contribution in [1.29, 1.82) is 5.26 Å². The highest BCUT2D eigenvalue weighted by molar-refractivity contribution is 7.99. The predicted molar refractivity (Wildman–Crippen MR) is 108 cm³/mol. The van der Waals surface area contributed by atoms with Crippen molar-refractivity contribution in [2.45, 2.75) is 11.5 Å². The summed E-state index contributed by atoms with van der Waals surface area (Å²) in [5, 5.41) is 22.4. The van der Waals surface area contributed by atoms with E-state index in [1.807, 2.05) is 35.5 Å². The van der Waals surface area contributed by atoms with E-state index >= 15 is 0 Å². The molecule has 0 saturated carbocycles. The van der Waals surface area contributed by atoms with Crippen LogP contribution in [0.4, 0.5) is 5.88 Å². The second-order valence-corrected chi connectivity index (χ2v) is 7.37. The summed E-state index contributed by atoms with van der Waals surface area (Å²) in [6.07, 6.45) is 3.24. The van der Waals surface area contributed by atoms with Crippen LogP contribution in [0.15, 0.2) is 51.9 Å². The van der Waals surface area contributed by atoms with Crippen molar-refractivity contribution in [3.63, 3.8) is 0 Å². The molecule has 10 heteroatoms. The van der Waals surface area contributed by atoms with Gasteiger partial charge in [0.25, 0.3) is 0 Å². The van der Waals surface area contributed by atoms with E-state index < -0.39 is 17.0 Å². The van der Waals surface area contributed by atoms with Gasteiger partial charge in [-0.1, -0.05) is 0 Å². The summed E-state index contributed by atoms with van der Waals surface area (Å²) in [5.74, 6) is 0.245. The molecule has 0 aliphatic carbocycles. The lowest BCUT2D eigenvalue weighted by Crippen LogP contribution is -2.39. The lowest BCUT2D eigenvalue weighted by molar-refractivity contribution is -0.402. The molecular formula is C19H17N5O4S. The van der Waals surface area contributed by atoms with E-state index in [-0.39, 0.29) is 17.0 Å². The number of furan rings is 1. The number of rotatable bonds is 5. The Balaban J connectivity index is 1.80. The van der Waals surface area contributed by atoms with Gasteiger partial charge in [-0.25, -0.2) is 5.43 Å². The molecule has 0 bridgehead atoms. The Morgan fingerprint density at radius 3 is 2.69 bits per heavy atom. The molecule has 148 valence electrons. The molecule has 29 heavy (non-hydrogen) atoms. The van der Waals surface area contributed by atoms with Crippen molar-refractivity contribution in [1.82, 2.24) is 10.4 Å². The first-order valence-electron chi connectivity index (χ1n) is 8.72. The van der Waals surface area contributed by atoms with E-state index in [2.05, 4.69) is 16.5 Å². The molecule has 0 spiro atoms. The van der Waals surface area contributed by atoms with Crippen LogP contribution in [0.3, 0.4) is 0 Å². The van der Waals surface area contributed by atoms with E-state index in [1.165, 1.54) is 23.9 Å². The van der Waals surface area contributed by atoms with Crippen LogP contribution < -0.4 is 10.2 Å². The molecule has 1 saturated heterocycles. The summed E-state index contributed by atoms with van der Waals surface area (Å²) < 4.78 is 10.6. The Morgan fingerprint density at radius 2 is 2.10 bits per heavy atom. The summed E-state index contributed by atoms with van der Waals surface area (Å²) in [7, 11) is 1.60. The molecule has 0 radical (unpaired) electrons. The van der Waals surface area contributed by atoms with Crippen LogP contribution in [0.1, 0.15) is 11.3 Å². The second kappa shape index (κ2) is 7.62. The number of allylic oxidation sites excluding steroid dienone is 1. The smallest absolute Gasteiger partial charge is 0.433 e. The number of ether oxygens (including phenoxy) is 1. The predicted octanol–water partition coefficient (Wildman–Crippen LogP) is 3.02. The third kappa shape index (κ3) is 3.35. The summed E-state index contributed by atoms with van der Waals surface area (Å²) >= 11 is 1.53. The maximum Gasteiger partial charge on any atom is 0.433 e. The fraction of sp³-hybridized carbons (Fsp3) is 0.263. The average molecular weight is 411 g/mol. The summed E-state index contributed by atoms with van der Waals surface area (Å²) in [6.45, 7) is 0. The number of aliphatic imine (C=N–C) groups is 1. The molecule has 2 aromatic rings.